The maximum Gasteiger partial charge on any atom is 0.343 e. The second kappa shape index (κ2) is 8.27. The quantitative estimate of drug-likeness (QED) is 0.708. The number of esters is 1. The molecule has 0 N–H and O–H groups in total. The molecule has 1 aromatic heterocycles. The molecule has 2 aromatic rings. The Bertz CT molecular complexity index is 938. The fourth-order valence-electron chi connectivity index (χ4n) is 2.61. The summed E-state index contributed by atoms with van der Waals surface area (Å²) in [6.45, 7) is 9.82. The number of rotatable bonds is 4. The minimum absolute atomic E-state index is 0.230. The molecule has 0 bridgehead atoms. The molecule has 6 nitrogen and oxygen atoms in total. The fourth-order valence-corrected chi connectivity index (χ4v) is 3.90. The van der Waals surface area contributed by atoms with Gasteiger partial charge in [0.1, 0.15) is 11.3 Å². The van der Waals surface area contributed by atoms with Crippen molar-refractivity contribution in [3.63, 3.8) is 0 Å². The highest BCUT2D eigenvalue weighted by Gasteiger charge is 2.25. The van der Waals surface area contributed by atoms with Gasteiger partial charge in [-0.3, -0.25) is 8.75 Å². The van der Waals surface area contributed by atoms with Crippen molar-refractivity contribution < 1.29 is 19.1 Å². The molecule has 1 aromatic carbocycles. The van der Waals surface area contributed by atoms with E-state index in [9.17, 15) is 9.59 Å². The van der Waals surface area contributed by atoms with E-state index >= 15 is 0 Å². The minimum atomic E-state index is -0.540. The molecule has 0 fully saturated rings. The third kappa shape index (κ3) is 4.59. The number of carbonyl (C=O) groups excluding carboxylic acids is 2. The maximum atomic E-state index is 12.8. The second-order valence-electron chi connectivity index (χ2n) is 6.80. The Kier molecular flexibility index (Phi) is 6.49. The van der Waals surface area contributed by atoms with Crippen LogP contribution in [0.3, 0.4) is 0 Å². The molecule has 0 atom stereocenters. The zero-order valence-corrected chi connectivity index (χ0v) is 17.8. The van der Waals surface area contributed by atoms with E-state index in [0.717, 1.165) is 0 Å². The van der Waals surface area contributed by atoms with Crippen LogP contribution >= 0.6 is 23.1 Å². The monoisotopic (exact) mass is 410 g/mol. The van der Waals surface area contributed by atoms with Gasteiger partial charge in [0.2, 0.25) is 0 Å². The van der Waals surface area contributed by atoms with Gasteiger partial charge in [-0.1, -0.05) is 11.6 Å². The maximum absolute atomic E-state index is 12.8. The van der Waals surface area contributed by atoms with Gasteiger partial charge < -0.3 is 9.47 Å². The zero-order valence-electron chi connectivity index (χ0n) is 16.3. The first kappa shape index (κ1) is 21.2. The summed E-state index contributed by atoms with van der Waals surface area (Å²) in [4.78, 5) is 29.5. The van der Waals surface area contributed by atoms with Crippen molar-refractivity contribution in [3.05, 3.63) is 44.7 Å². The van der Waals surface area contributed by atoms with Crippen LogP contribution in [-0.2, 0) is 10.3 Å². The van der Waals surface area contributed by atoms with Crippen LogP contribution in [0, 0.1) is 6.92 Å². The normalized spacial score (nSPS) is 12.2. The van der Waals surface area contributed by atoms with E-state index in [4.69, 9.17) is 21.1 Å². The molecule has 1 amide bonds. The lowest BCUT2D eigenvalue weighted by atomic mass is 10.1. The smallest absolute Gasteiger partial charge is 0.343 e. The van der Waals surface area contributed by atoms with Gasteiger partial charge in [0.05, 0.1) is 19.3 Å². The topological polar surface area (TPSA) is 69.9 Å². The van der Waals surface area contributed by atoms with E-state index < -0.39 is 11.9 Å². The molecule has 0 radical (unpaired) electrons. The Labute approximate surface area is 167 Å². The molecule has 146 valence electrons. The third-order valence-corrected chi connectivity index (χ3v) is 5.45. The summed E-state index contributed by atoms with van der Waals surface area (Å²) in [7, 11) is 1.47. The van der Waals surface area contributed by atoms with Gasteiger partial charge in [-0.15, -0.1) is 0 Å². The SMILES string of the molecule is CCOC(=O)c1c(C)n(C(C)(C)C)s/c1=N\C(=O)c1cc(Cl)ccc1OC. The summed E-state index contributed by atoms with van der Waals surface area (Å²) in [6.07, 6.45) is 0. The molecule has 0 spiro atoms. The number of halogens is 1. The molecule has 0 saturated heterocycles. The Hall–Kier alpha value is -2.12. The molecule has 0 unspecified atom stereocenters. The zero-order chi connectivity index (χ0) is 20.4. The Balaban J connectivity index is 2.68. The van der Waals surface area contributed by atoms with Gasteiger partial charge in [0.25, 0.3) is 5.91 Å². The van der Waals surface area contributed by atoms with Gasteiger partial charge >= 0.3 is 5.97 Å². The number of hydrogen-bond acceptors (Lipinski definition) is 5. The molecule has 0 aliphatic rings. The van der Waals surface area contributed by atoms with Crippen LogP contribution in [-0.4, -0.2) is 29.5 Å². The van der Waals surface area contributed by atoms with Gasteiger partial charge in [0.15, 0.2) is 4.67 Å². The number of amides is 1. The van der Waals surface area contributed by atoms with Crippen molar-refractivity contribution in [3.8, 4) is 5.75 Å². The van der Waals surface area contributed by atoms with Crippen molar-refractivity contribution in [2.24, 2.45) is 4.99 Å². The highest BCUT2D eigenvalue weighted by molar-refractivity contribution is 7.04. The van der Waals surface area contributed by atoms with Crippen LogP contribution in [0.25, 0.3) is 0 Å². The Morgan fingerprint density at radius 1 is 1.30 bits per heavy atom. The summed E-state index contributed by atoms with van der Waals surface area (Å²) in [6, 6.07) is 4.73. The van der Waals surface area contributed by atoms with E-state index in [1.807, 2.05) is 31.7 Å². The highest BCUT2D eigenvalue weighted by Crippen LogP contribution is 2.25. The van der Waals surface area contributed by atoms with Crippen molar-refractivity contribution in [1.29, 1.82) is 0 Å². The third-order valence-electron chi connectivity index (χ3n) is 3.74. The van der Waals surface area contributed by atoms with Crippen molar-refractivity contribution in [1.82, 2.24) is 3.96 Å². The molecule has 0 aliphatic heterocycles. The largest absolute Gasteiger partial charge is 0.496 e. The number of nitrogens with zero attached hydrogens (tertiary/aromatic N) is 2. The minimum Gasteiger partial charge on any atom is -0.496 e. The van der Waals surface area contributed by atoms with E-state index in [0.29, 0.717) is 26.7 Å². The molecular weight excluding hydrogens is 388 g/mol. The lowest BCUT2D eigenvalue weighted by Crippen LogP contribution is -2.21. The number of aromatic nitrogens is 1. The van der Waals surface area contributed by atoms with Crippen LogP contribution in [0.15, 0.2) is 23.2 Å². The van der Waals surface area contributed by atoms with E-state index in [1.54, 1.807) is 19.1 Å². The van der Waals surface area contributed by atoms with Crippen molar-refractivity contribution in [2.75, 3.05) is 13.7 Å². The van der Waals surface area contributed by atoms with Gasteiger partial charge in [-0.25, -0.2) is 4.79 Å². The Morgan fingerprint density at radius 3 is 2.52 bits per heavy atom. The van der Waals surface area contributed by atoms with Gasteiger partial charge in [0, 0.05) is 16.3 Å². The first-order valence-electron chi connectivity index (χ1n) is 8.43. The second-order valence-corrected chi connectivity index (χ2v) is 8.17. The lowest BCUT2D eigenvalue weighted by molar-refractivity contribution is 0.0523. The standard InChI is InChI=1S/C19H23ClN2O4S/c1-7-26-18(24)15-11(2)22(19(3,4)5)27-17(15)21-16(23)13-10-12(20)8-9-14(13)25-6/h8-10H,7H2,1-6H3/b21-17-. The molecule has 1 heterocycles. The lowest BCUT2D eigenvalue weighted by Gasteiger charge is -2.21. The molecule has 27 heavy (non-hydrogen) atoms. The number of carbonyl (C=O) groups is 2. The van der Waals surface area contributed by atoms with Gasteiger partial charge in [-0.05, 0) is 64.4 Å². The number of hydrogen-bond donors (Lipinski definition) is 0. The molecule has 8 heteroatoms. The van der Waals surface area contributed by atoms with E-state index in [2.05, 4.69) is 4.99 Å². The van der Waals surface area contributed by atoms with Crippen LogP contribution in [0.1, 0.15) is 54.1 Å². The summed E-state index contributed by atoms with van der Waals surface area (Å²) in [5.74, 6) is -0.677. The summed E-state index contributed by atoms with van der Waals surface area (Å²) in [5.41, 5.74) is 0.954. The first-order chi connectivity index (χ1) is 12.6. The predicted molar refractivity (Wildman–Crippen MR) is 106 cm³/mol. The first-order valence-corrected chi connectivity index (χ1v) is 9.58. The predicted octanol–water partition coefficient (Wildman–Crippen LogP) is 4.19. The fraction of sp³-hybridized carbons (Fsp3) is 0.421. The van der Waals surface area contributed by atoms with Gasteiger partial charge in [-0.2, -0.15) is 4.99 Å². The molecule has 0 saturated carbocycles. The highest BCUT2D eigenvalue weighted by atomic mass is 35.5. The average Bonchev–Trinajstić information content (AvgIpc) is 2.91. The van der Waals surface area contributed by atoms with Crippen LogP contribution in [0.4, 0.5) is 0 Å². The summed E-state index contributed by atoms with van der Waals surface area (Å²) in [5, 5.41) is 0.395. The molecular formula is C19H23ClN2O4S. The van der Waals surface area contributed by atoms with Crippen molar-refractivity contribution in [2.45, 2.75) is 40.2 Å². The summed E-state index contributed by atoms with van der Waals surface area (Å²) < 4.78 is 12.6. The molecule has 0 aliphatic carbocycles. The van der Waals surface area contributed by atoms with E-state index in [-0.39, 0.29) is 17.7 Å². The molecule has 2 rings (SSSR count). The number of ether oxygens (including phenoxy) is 2. The van der Waals surface area contributed by atoms with Crippen LogP contribution in [0.2, 0.25) is 5.02 Å². The van der Waals surface area contributed by atoms with Crippen molar-refractivity contribution >= 4 is 35.0 Å². The average molecular weight is 411 g/mol. The van der Waals surface area contributed by atoms with E-state index in [1.165, 1.54) is 24.7 Å². The number of benzene rings is 1. The number of methoxy groups -OCH3 is 1. The van der Waals surface area contributed by atoms with Crippen LogP contribution < -0.4 is 9.41 Å². The van der Waals surface area contributed by atoms with Crippen LogP contribution in [0.5, 0.6) is 5.75 Å². The Morgan fingerprint density at radius 2 is 1.96 bits per heavy atom. The summed E-state index contributed by atoms with van der Waals surface area (Å²) >= 11 is 7.25.